The summed E-state index contributed by atoms with van der Waals surface area (Å²) in [6.45, 7) is 1.97. The summed E-state index contributed by atoms with van der Waals surface area (Å²) in [5, 5.41) is 13.6. The van der Waals surface area contributed by atoms with E-state index in [1.165, 1.54) is 12.8 Å². The summed E-state index contributed by atoms with van der Waals surface area (Å²) in [5.41, 5.74) is 6.48. The van der Waals surface area contributed by atoms with Gasteiger partial charge in [0.15, 0.2) is 0 Å². The highest BCUT2D eigenvalue weighted by molar-refractivity contribution is 5.67. The number of nitrogens with one attached hydrogen (secondary N) is 1. The van der Waals surface area contributed by atoms with Crippen LogP contribution in [0.5, 0.6) is 0 Å². The van der Waals surface area contributed by atoms with Crippen LogP contribution < -0.4 is 10.6 Å². The van der Waals surface area contributed by atoms with Crippen molar-refractivity contribution in [2.75, 3.05) is 23.7 Å². The molecule has 0 saturated carbocycles. The molecule has 2 aromatic rings. The summed E-state index contributed by atoms with van der Waals surface area (Å²) < 4.78 is 0. The van der Waals surface area contributed by atoms with Crippen molar-refractivity contribution in [2.45, 2.75) is 12.8 Å². The van der Waals surface area contributed by atoms with Gasteiger partial charge in [-0.3, -0.25) is 0 Å². The van der Waals surface area contributed by atoms with Crippen molar-refractivity contribution in [1.82, 2.24) is 30.6 Å². The van der Waals surface area contributed by atoms with E-state index in [2.05, 4.69) is 35.5 Å². The third-order valence-electron chi connectivity index (χ3n) is 2.78. The Kier molecular flexibility index (Phi) is 2.32. The molecule has 88 valence electrons. The first-order valence-electron chi connectivity index (χ1n) is 5.46. The second kappa shape index (κ2) is 3.96. The summed E-state index contributed by atoms with van der Waals surface area (Å²) in [5.74, 6) is 1.46. The Morgan fingerprint density at radius 3 is 2.76 bits per heavy atom. The summed E-state index contributed by atoms with van der Waals surface area (Å²) in [6.07, 6.45) is 3.99. The van der Waals surface area contributed by atoms with Gasteiger partial charge in [0.25, 0.3) is 0 Å². The third kappa shape index (κ3) is 1.77. The zero-order valence-corrected chi connectivity index (χ0v) is 9.17. The summed E-state index contributed by atoms with van der Waals surface area (Å²) in [6, 6.07) is 0. The van der Waals surface area contributed by atoms with E-state index >= 15 is 0 Å². The maximum Gasteiger partial charge on any atom is 0.227 e. The van der Waals surface area contributed by atoms with Crippen molar-refractivity contribution >= 4 is 11.8 Å². The highest BCUT2D eigenvalue weighted by Crippen LogP contribution is 2.22. The number of hydrogen-bond donors (Lipinski definition) is 2. The van der Waals surface area contributed by atoms with Gasteiger partial charge in [-0.05, 0) is 18.1 Å². The number of rotatable bonds is 2. The average molecular weight is 232 g/mol. The molecule has 0 aliphatic carbocycles. The maximum atomic E-state index is 5.88. The van der Waals surface area contributed by atoms with E-state index in [9.17, 15) is 0 Å². The van der Waals surface area contributed by atoms with E-state index in [1.54, 1.807) is 6.20 Å². The molecule has 0 amide bonds. The second-order valence-corrected chi connectivity index (χ2v) is 3.90. The third-order valence-corrected chi connectivity index (χ3v) is 2.78. The van der Waals surface area contributed by atoms with E-state index in [0.717, 1.165) is 13.1 Å². The van der Waals surface area contributed by atoms with Crippen LogP contribution in [0, 0.1) is 0 Å². The number of anilines is 2. The average Bonchev–Trinajstić information content (AvgIpc) is 3.02. The maximum absolute atomic E-state index is 5.88. The normalized spacial score (nSPS) is 15.4. The first kappa shape index (κ1) is 9.94. The minimum atomic E-state index is 0.378. The van der Waals surface area contributed by atoms with Crippen molar-refractivity contribution in [3.63, 3.8) is 0 Å². The van der Waals surface area contributed by atoms with Gasteiger partial charge in [-0.15, -0.1) is 10.2 Å². The van der Waals surface area contributed by atoms with Crippen molar-refractivity contribution in [3.05, 3.63) is 6.20 Å². The van der Waals surface area contributed by atoms with Crippen LogP contribution in [0.25, 0.3) is 11.4 Å². The monoisotopic (exact) mass is 232 g/mol. The lowest BCUT2D eigenvalue weighted by Crippen LogP contribution is -2.20. The van der Waals surface area contributed by atoms with Crippen LogP contribution in [0.2, 0.25) is 0 Å². The Morgan fingerprint density at radius 2 is 2.12 bits per heavy atom. The number of nitrogens with two attached hydrogens (primary N) is 1. The van der Waals surface area contributed by atoms with Gasteiger partial charge in [-0.2, -0.15) is 10.2 Å². The van der Waals surface area contributed by atoms with Gasteiger partial charge in [0, 0.05) is 19.3 Å². The van der Waals surface area contributed by atoms with Crippen molar-refractivity contribution < 1.29 is 0 Å². The number of nitrogens with zero attached hydrogens (tertiary/aromatic N) is 6. The molecule has 1 aliphatic heterocycles. The van der Waals surface area contributed by atoms with Gasteiger partial charge in [-0.25, -0.2) is 4.98 Å². The molecule has 1 fully saturated rings. The summed E-state index contributed by atoms with van der Waals surface area (Å²) in [4.78, 5) is 10.7. The lowest BCUT2D eigenvalue weighted by molar-refractivity contribution is 0.881. The number of hydrogen-bond acceptors (Lipinski definition) is 7. The van der Waals surface area contributed by atoms with Gasteiger partial charge in [0.05, 0.1) is 5.56 Å². The Hall–Kier alpha value is -2.25. The molecule has 0 bridgehead atoms. The van der Waals surface area contributed by atoms with Crippen molar-refractivity contribution in [3.8, 4) is 11.4 Å². The largest absolute Gasteiger partial charge is 0.383 e. The smallest absolute Gasteiger partial charge is 0.227 e. The zero-order chi connectivity index (χ0) is 11.7. The minimum absolute atomic E-state index is 0.378. The summed E-state index contributed by atoms with van der Waals surface area (Å²) >= 11 is 0. The first-order chi connectivity index (χ1) is 8.34. The van der Waals surface area contributed by atoms with Crippen molar-refractivity contribution in [2.24, 2.45) is 0 Å². The molecule has 3 rings (SSSR count). The number of tetrazole rings is 1. The van der Waals surface area contributed by atoms with Gasteiger partial charge in [-0.1, -0.05) is 0 Å². The Bertz CT molecular complexity index is 502. The van der Waals surface area contributed by atoms with E-state index in [1.807, 2.05) is 0 Å². The molecule has 17 heavy (non-hydrogen) atoms. The van der Waals surface area contributed by atoms with E-state index in [4.69, 9.17) is 5.73 Å². The molecule has 1 aliphatic rings. The molecule has 2 aromatic heterocycles. The predicted octanol–water partition coefficient (Wildman–Crippen LogP) is -0.161. The molecular weight excluding hydrogens is 220 g/mol. The molecule has 3 heterocycles. The van der Waals surface area contributed by atoms with Crippen LogP contribution in [0.3, 0.4) is 0 Å². The highest BCUT2D eigenvalue weighted by Gasteiger charge is 2.17. The van der Waals surface area contributed by atoms with Crippen LogP contribution in [-0.2, 0) is 0 Å². The minimum Gasteiger partial charge on any atom is -0.383 e. The molecule has 1 saturated heterocycles. The quantitative estimate of drug-likeness (QED) is 0.740. The molecule has 0 radical (unpaired) electrons. The van der Waals surface area contributed by atoms with Crippen LogP contribution in [0.4, 0.5) is 11.8 Å². The fraction of sp³-hybridized carbons (Fsp3) is 0.444. The Labute approximate surface area is 97.3 Å². The molecular formula is C9H12N8. The number of H-pyrrole nitrogens is 1. The van der Waals surface area contributed by atoms with Gasteiger partial charge in [0.1, 0.15) is 5.82 Å². The second-order valence-electron chi connectivity index (χ2n) is 3.90. The van der Waals surface area contributed by atoms with Crippen molar-refractivity contribution in [1.29, 1.82) is 0 Å². The van der Waals surface area contributed by atoms with Crippen LogP contribution in [0.15, 0.2) is 6.20 Å². The molecule has 0 atom stereocenters. The molecule has 0 spiro atoms. The fourth-order valence-electron chi connectivity index (χ4n) is 1.90. The molecule has 3 N–H and O–H groups in total. The molecule has 8 nitrogen and oxygen atoms in total. The standard InChI is InChI=1S/C9H12N8/c10-7-6(8-13-15-16-14-8)5-11-9(12-7)17-3-1-2-4-17/h5H,1-4H2,(H2,10,11,12)(H,13,14,15,16). The van der Waals surface area contributed by atoms with E-state index in [-0.39, 0.29) is 0 Å². The SMILES string of the molecule is Nc1nc(N2CCCC2)ncc1-c1nn[nH]n1. The van der Waals surface area contributed by atoms with Crippen LogP contribution in [0.1, 0.15) is 12.8 Å². The number of aromatic nitrogens is 6. The lowest BCUT2D eigenvalue weighted by atomic mass is 10.3. The molecule has 0 unspecified atom stereocenters. The van der Waals surface area contributed by atoms with Gasteiger partial charge >= 0.3 is 0 Å². The van der Waals surface area contributed by atoms with Gasteiger partial charge in [0.2, 0.25) is 11.8 Å². The van der Waals surface area contributed by atoms with E-state index in [0.29, 0.717) is 23.2 Å². The topological polar surface area (TPSA) is 110 Å². The Balaban J connectivity index is 1.94. The van der Waals surface area contributed by atoms with E-state index < -0.39 is 0 Å². The lowest BCUT2D eigenvalue weighted by Gasteiger charge is -2.15. The number of nitrogen functional groups attached to an aromatic ring is 1. The first-order valence-corrected chi connectivity index (χ1v) is 5.46. The van der Waals surface area contributed by atoms with Gasteiger partial charge < -0.3 is 10.6 Å². The molecule has 8 heteroatoms. The van der Waals surface area contributed by atoms with Crippen LogP contribution in [-0.4, -0.2) is 43.7 Å². The predicted molar refractivity (Wildman–Crippen MR) is 61.1 cm³/mol. The zero-order valence-electron chi connectivity index (χ0n) is 9.17. The Morgan fingerprint density at radius 1 is 1.29 bits per heavy atom. The molecule has 0 aromatic carbocycles. The van der Waals surface area contributed by atoms with Crippen LogP contribution >= 0.6 is 0 Å². The highest BCUT2D eigenvalue weighted by atomic mass is 15.5. The number of aromatic amines is 1. The fourth-order valence-corrected chi connectivity index (χ4v) is 1.90. The summed E-state index contributed by atoms with van der Waals surface area (Å²) in [7, 11) is 0.